The van der Waals surface area contributed by atoms with E-state index in [-0.39, 0.29) is 6.03 Å². The first-order valence-corrected chi connectivity index (χ1v) is 6.00. The van der Waals surface area contributed by atoms with Gasteiger partial charge in [0.05, 0.1) is 0 Å². The molecule has 2 amide bonds. The molecule has 0 bridgehead atoms. The highest BCUT2D eigenvalue weighted by Crippen LogP contribution is 2.23. The Kier molecular flexibility index (Phi) is 3.22. The van der Waals surface area contributed by atoms with E-state index >= 15 is 0 Å². The molecule has 1 fully saturated rings. The molecule has 17 heavy (non-hydrogen) atoms. The van der Waals surface area contributed by atoms with Crippen LogP contribution in [0.4, 0.5) is 16.2 Å². The number of benzene rings is 1. The fourth-order valence-corrected chi connectivity index (χ4v) is 2.12. The van der Waals surface area contributed by atoms with Crippen LogP contribution < -0.4 is 11.1 Å². The van der Waals surface area contributed by atoms with Crippen LogP contribution in [0.25, 0.3) is 0 Å². The molecule has 0 aromatic heterocycles. The van der Waals surface area contributed by atoms with Crippen LogP contribution in [-0.2, 0) is 0 Å². The van der Waals surface area contributed by atoms with Gasteiger partial charge in [0, 0.05) is 24.5 Å². The van der Waals surface area contributed by atoms with E-state index in [4.69, 9.17) is 5.73 Å². The van der Waals surface area contributed by atoms with Gasteiger partial charge in [-0.2, -0.15) is 0 Å². The van der Waals surface area contributed by atoms with Crippen molar-refractivity contribution in [3.05, 3.63) is 23.3 Å². The summed E-state index contributed by atoms with van der Waals surface area (Å²) in [4.78, 5) is 13.8. The Balaban J connectivity index is 2.12. The van der Waals surface area contributed by atoms with Crippen LogP contribution in [0, 0.1) is 13.8 Å². The number of carbonyl (C=O) groups excluding carboxylic acids is 1. The first-order valence-electron chi connectivity index (χ1n) is 6.00. The average molecular weight is 233 g/mol. The quantitative estimate of drug-likeness (QED) is 0.732. The molecule has 1 heterocycles. The molecule has 1 aliphatic heterocycles. The van der Waals surface area contributed by atoms with Crippen molar-refractivity contribution in [1.82, 2.24) is 4.90 Å². The number of anilines is 2. The lowest BCUT2D eigenvalue weighted by atomic mass is 10.1. The number of nitrogen functional groups attached to an aromatic ring is 1. The molecule has 0 radical (unpaired) electrons. The summed E-state index contributed by atoms with van der Waals surface area (Å²) in [7, 11) is 0. The molecule has 0 aliphatic carbocycles. The smallest absolute Gasteiger partial charge is 0.321 e. The second-order valence-electron chi connectivity index (χ2n) is 4.65. The van der Waals surface area contributed by atoms with Crippen LogP contribution in [0.3, 0.4) is 0 Å². The predicted molar refractivity (Wildman–Crippen MR) is 70.2 cm³/mol. The van der Waals surface area contributed by atoms with Crippen molar-refractivity contribution in [2.24, 2.45) is 0 Å². The second kappa shape index (κ2) is 4.65. The Morgan fingerprint density at radius 1 is 1.24 bits per heavy atom. The summed E-state index contributed by atoms with van der Waals surface area (Å²) in [5.41, 5.74) is 9.47. The van der Waals surface area contributed by atoms with E-state index in [9.17, 15) is 4.79 Å². The van der Waals surface area contributed by atoms with Gasteiger partial charge in [0.1, 0.15) is 0 Å². The van der Waals surface area contributed by atoms with Gasteiger partial charge in [-0.05, 0) is 43.9 Å². The normalized spacial score (nSPS) is 15.1. The monoisotopic (exact) mass is 233 g/mol. The Bertz CT molecular complexity index is 437. The van der Waals surface area contributed by atoms with Gasteiger partial charge in [0.15, 0.2) is 0 Å². The van der Waals surface area contributed by atoms with Gasteiger partial charge in [-0.1, -0.05) is 6.07 Å². The van der Waals surface area contributed by atoms with Crippen molar-refractivity contribution in [1.29, 1.82) is 0 Å². The second-order valence-corrected chi connectivity index (χ2v) is 4.65. The van der Waals surface area contributed by atoms with E-state index in [1.807, 2.05) is 30.9 Å². The number of urea groups is 1. The highest BCUT2D eigenvalue weighted by molar-refractivity contribution is 5.91. The third-order valence-corrected chi connectivity index (χ3v) is 3.25. The van der Waals surface area contributed by atoms with Crippen molar-refractivity contribution in [2.75, 3.05) is 24.1 Å². The highest BCUT2D eigenvalue weighted by Gasteiger charge is 2.18. The molecular weight excluding hydrogens is 214 g/mol. The maximum absolute atomic E-state index is 11.9. The van der Waals surface area contributed by atoms with E-state index in [0.717, 1.165) is 42.7 Å². The van der Waals surface area contributed by atoms with E-state index in [2.05, 4.69) is 5.32 Å². The lowest BCUT2D eigenvalue weighted by molar-refractivity contribution is 0.222. The number of rotatable bonds is 1. The number of nitrogens with two attached hydrogens (primary N) is 1. The number of aryl methyl sites for hydroxylation is 2. The number of nitrogens with one attached hydrogen (secondary N) is 1. The van der Waals surface area contributed by atoms with E-state index in [1.54, 1.807) is 0 Å². The first-order chi connectivity index (χ1) is 8.08. The van der Waals surface area contributed by atoms with Gasteiger partial charge in [-0.25, -0.2) is 4.79 Å². The Morgan fingerprint density at radius 3 is 2.53 bits per heavy atom. The van der Waals surface area contributed by atoms with Crippen LogP contribution >= 0.6 is 0 Å². The summed E-state index contributed by atoms with van der Waals surface area (Å²) in [6.07, 6.45) is 2.20. The minimum Gasteiger partial charge on any atom is -0.398 e. The van der Waals surface area contributed by atoms with Crippen molar-refractivity contribution in [2.45, 2.75) is 26.7 Å². The number of carbonyl (C=O) groups is 1. The van der Waals surface area contributed by atoms with Crippen molar-refractivity contribution >= 4 is 17.4 Å². The van der Waals surface area contributed by atoms with Crippen LogP contribution in [0.5, 0.6) is 0 Å². The number of hydrogen-bond donors (Lipinski definition) is 2. The topological polar surface area (TPSA) is 58.4 Å². The van der Waals surface area contributed by atoms with Gasteiger partial charge in [-0.3, -0.25) is 0 Å². The van der Waals surface area contributed by atoms with Crippen molar-refractivity contribution in [3.8, 4) is 0 Å². The van der Waals surface area contributed by atoms with Crippen molar-refractivity contribution in [3.63, 3.8) is 0 Å². The number of amides is 2. The molecule has 92 valence electrons. The largest absolute Gasteiger partial charge is 0.398 e. The summed E-state index contributed by atoms with van der Waals surface area (Å²) in [5, 5.41) is 2.93. The summed E-state index contributed by atoms with van der Waals surface area (Å²) < 4.78 is 0. The zero-order valence-corrected chi connectivity index (χ0v) is 10.4. The molecule has 1 aromatic carbocycles. The molecule has 0 saturated carbocycles. The standard InChI is InChI=1S/C13H19N3O/c1-9-7-10(2)12(8-11(9)14)15-13(17)16-5-3-4-6-16/h7-8H,3-6,14H2,1-2H3,(H,15,17). The third-order valence-electron chi connectivity index (χ3n) is 3.25. The lowest BCUT2D eigenvalue weighted by Gasteiger charge is -2.18. The molecular formula is C13H19N3O. The maximum atomic E-state index is 11.9. The van der Waals surface area contributed by atoms with Crippen LogP contribution in [0.15, 0.2) is 12.1 Å². The van der Waals surface area contributed by atoms with Gasteiger partial charge in [0.2, 0.25) is 0 Å². The number of nitrogens with zero attached hydrogens (tertiary/aromatic N) is 1. The first kappa shape index (κ1) is 11.8. The Hall–Kier alpha value is -1.71. The summed E-state index contributed by atoms with van der Waals surface area (Å²) in [6, 6.07) is 3.81. The average Bonchev–Trinajstić information content (AvgIpc) is 2.79. The van der Waals surface area contributed by atoms with E-state index in [0.29, 0.717) is 5.69 Å². The lowest BCUT2D eigenvalue weighted by Crippen LogP contribution is -2.32. The zero-order chi connectivity index (χ0) is 12.4. The van der Waals surface area contributed by atoms with E-state index in [1.165, 1.54) is 0 Å². The molecule has 4 heteroatoms. The predicted octanol–water partition coefficient (Wildman–Crippen LogP) is 2.51. The Labute approximate surface area is 102 Å². The van der Waals surface area contributed by atoms with Crippen LogP contribution in [0.2, 0.25) is 0 Å². The third kappa shape index (κ3) is 2.52. The van der Waals surface area contributed by atoms with Gasteiger partial charge in [0.25, 0.3) is 0 Å². The molecule has 1 aromatic rings. The summed E-state index contributed by atoms with van der Waals surface area (Å²) in [5.74, 6) is 0. The van der Waals surface area contributed by atoms with Gasteiger partial charge in [-0.15, -0.1) is 0 Å². The molecule has 1 aliphatic rings. The maximum Gasteiger partial charge on any atom is 0.321 e. The van der Waals surface area contributed by atoms with Crippen molar-refractivity contribution < 1.29 is 4.79 Å². The minimum absolute atomic E-state index is 0.0196. The Morgan fingerprint density at radius 2 is 1.88 bits per heavy atom. The molecule has 0 unspecified atom stereocenters. The molecule has 4 nitrogen and oxygen atoms in total. The molecule has 2 rings (SSSR count). The molecule has 0 spiro atoms. The van der Waals surface area contributed by atoms with E-state index < -0.39 is 0 Å². The number of likely N-dealkylation sites (tertiary alicyclic amines) is 1. The summed E-state index contributed by atoms with van der Waals surface area (Å²) >= 11 is 0. The molecule has 0 atom stereocenters. The van der Waals surface area contributed by atoms with Gasteiger partial charge >= 0.3 is 6.03 Å². The zero-order valence-electron chi connectivity index (χ0n) is 10.4. The minimum atomic E-state index is -0.0196. The summed E-state index contributed by atoms with van der Waals surface area (Å²) in [6.45, 7) is 5.65. The van der Waals surface area contributed by atoms with Crippen LogP contribution in [-0.4, -0.2) is 24.0 Å². The van der Waals surface area contributed by atoms with Crippen LogP contribution in [0.1, 0.15) is 24.0 Å². The van der Waals surface area contributed by atoms with Gasteiger partial charge < -0.3 is 16.0 Å². The fourth-order valence-electron chi connectivity index (χ4n) is 2.12. The molecule has 3 N–H and O–H groups in total. The SMILES string of the molecule is Cc1cc(C)c(NC(=O)N2CCCC2)cc1N. The highest BCUT2D eigenvalue weighted by atomic mass is 16.2. The molecule has 1 saturated heterocycles. The number of hydrogen-bond acceptors (Lipinski definition) is 2. The fraction of sp³-hybridized carbons (Fsp3) is 0.462.